The Morgan fingerprint density at radius 3 is 2.45 bits per heavy atom. The first-order valence-electron chi connectivity index (χ1n) is 13.0. The van der Waals surface area contributed by atoms with Gasteiger partial charge in [-0.1, -0.05) is 35.9 Å². The number of carboxylic acids is 1. The number of halogens is 4. The van der Waals surface area contributed by atoms with Crippen LogP contribution >= 0.6 is 11.6 Å². The van der Waals surface area contributed by atoms with E-state index < -0.39 is 30.0 Å². The van der Waals surface area contributed by atoms with E-state index in [9.17, 15) is 22.8 Å². The van der Waals surface area contributed by atoms with Gasteiger partial charge in [0.15, 0.2) is 0 Å². The standard InChI is InChI=1S/C30H26ClF3N2O6/c1-40-24-12-22(13-25(14-24)41-16-17-10-20(11-17)29(38)39)35-27(19-2-5-21(31)6-3-19)28(37)36-9-8-18-4-7-23(15-26(18)36)42-30(32,33)34/h2-7,10,12-15,17,27,35H,8-9,11,16H2,1H3,(H,38,39). The Balaban J connectivity index is 1.41. The van der Waals surface area contributed by atoms with E-state index in [1.54, 1.807) is 48.5 Å². The largest absolute Gasteiger partial charge is 0.573 e. The van der Waals surface area contributed by atoms with Gasteiger partial charge in [-0.15, -0.1) is 13.2 Å². The topological polar surface area (TPSA) is 97.3 Å². The van der Waals surface area contributed by atoms with E-state index in [2.05, 4.69) is 10.1 Å². The summed E-state index contributed by atoms with van der Waals surface area (Å²) in [5.74, 6) is -0.898. The number of carbonyl (C=O) groups is 2. The summed E-state index contributed by atoms with van der Waals surface area (Å²) in [7, 11) is 1.49. The molecule has 0 saturated carbocycles. The lowest BCUT2D eigenvalue weighted by Gasteiger charge is -2.27. The molecule has 0 aromatic heterocycles. The second-order valence-corrected chi connectivity index (χ2v) is 10.3. The Hall–Kier alpha value is -4.38. The van der Waals surface area contributed by atoms with Crippen molar-refractivity contribution in [1.29, 1.82) is 0 Å². The number of methoxy groups -OCH3 is 1. The van der Waals surface area contributed by atoms with E-state index in [0.717, 1.165) is 5.56 Å². The predicted molar refractivity (Wildman–Crippen MR) is 149 cm³/mol. The number of benzene rings is 3. The summed E-state index contributed by atoms with van der Waals surface area (Å²) >= 11 is 6.09. The van der Waals surface area contributed by atoms with Gasteiger partial charge in [-0.05, 0) is 42.2 Å². The Morgan fingerprint density at radius 2 is 1.79 bits per heavy atom. The molecule has 0 bridgehead atoms. The van der Waals surface area contributed by atoms with Crippen LogP contribution in [0.1, 0.15) is 23.6 Å². The molecule has 2 aliphatic rings. The maximum atomic E-state index is 14.0. The summed E-state index contributed by atoms with van der Waals surface area (Å²) in [6, 6.07) is 14.7. The van der Waals surface area contributed by atoms with Gasteiger partial charge < -0.3 is 29.5 Å². The van der Waals surface area contributed by atoms with Crippen LogP contribution in [0, 0.1) is 5.92 Å². The second kappa shape index (κ2) is 11.8. The van der Waals surface area contributed by atoms with Gasteiger partial charge in [-0.25, -0.2) is 4.79 Å². The molecule has 2 atom stereocenters. The maximum Gasteiger partial charge on any atom is 0.573 e. The molecule has 3 aromatic rings. The summed E-state index contributed by atoms with van der Waals surface area (Å²) in [5.41, 5.74) is 2.47. The zero-order valence-corrected chi connectivity index (χ0v) is 23.0. The molecule has 1 aliphatic heterocycles. The van der Waals surface area contributed by atoms with Gasteiger partial charge in [0.1, 0.15) is 23.3 Å². The molecule has 220 valence electrons. The number of carboxylic acid groups (broad SMARTS) is 1. The van der Waals surface area contributed by atoms with E-state index in [-0.39, 0.29) is 19.1 Å². The number of anilines is 2. The average molecular weight is 603 g/mol. The van der Waals surface area contributed by atoms with Crippen LogP contribution in [-0.2, 0) is 16.0 Å². The average Bonchev–Trinajstić information content (AvgIpc) is 3.33. The molecular formula is C30H26ClF3N2O6. The highest BCUT2D eigenvalue weighted by atomic mass is 35.5. The smallest absolute Gasteiger partial charge is 0.497 e. The van der Waals surface area contributed by atoms with Crippen LogP contribution in [0.15, 0.2) is 72.3 Å². The van der Waals surface area contributed by atoms with Crippen LogP contribution in [0.2, 0.25) is 5.02 Å². The van der Waals surface area contributed by atoms with Crippen LogP contribution in [0.5, 0.6) is 17.2 Å². The van der Waals surface area contributed by atoms with Crippen LogP contribution in [-0.4, -0.2) is 43.6 Å². The highest BCUT2D eigenvalue weighted by Gasteiger charge is 2.35. The Bertz CT molecular complexity index is 1530. The van der Waals surface area contributed by atoms with Crippen molar-refractivity contribution in [2.45, 2.75) is 25.2 Å². The number of fused-ring (bicyclic) bond motifs is 1. The fourth-order valence-electron chi connectivity index (χ4n) is 4.91. The highest BCUT2D eigenvalue weighted by Crippen LogP contribution is 2.37. The molecule has 0 saturated heterocycles. The molecule has 2 unspecified atom stereocenters. The minimum Gasteiger partial charge on any atom is -0.497 e. The summed E-state index contributed by atoms with van der Waals surface area (Å²) in [4.78, 5) is 26.5. The third-order valence-corrected chi connectivity index (χ3v) is 7.24. The van der Waals surface area contributed by atoms with Crippen molar-refractivity contribution < 1.29 is 42.1 Å². The number of hydrogen-bond acceptors (Lipinski definition) is 6. The molecule has 1 amide bonds. The van der Waals surface area contributed by atoms with Crippen LogP contribution in [0.4, 0.5) is 24.5 Å². The Labute approximate surface area is 244 Å². The number of amides is 1. The number of carbonyl (C=O) groups excluding carboxylic acids is 1. The molecule has 8 nitrogen and oxygen atoms in total. The number of hydrogen-bond donors (Lipinski definition) is 2. The molecule has 5 rings (SSSR count). The molecular weight excluding hydrogens is 577 g/mol. The summed E-state index contributed by atoms with van der Waals surface area (Å²) in [6.45, 7) is 0.533. The lowest BCUT2D eigenvalue weighted by molar-refractivity contribution is -0.274. The van der Waals surface area contributed by atoms with Gasteiger partial charge in [-0.2, -0.15) is 0 Å². The zero-order chi connectivity index (χ0) is 30.0. The lowest BCUT2D eigenvalue weighted by Crippen LogP contribution is -2.37. The third-order valence-electron chi connectivity index (χ3n) is 6.99. The minimum atomic E-state index is -4.87. The lowest BCUT2D eigenvalue weighted by atomic mass is 9.87. The van der Waals surface area contributed by atoms with E-state index in [4.69, 9.17) is 26.2 Å². The molecule has 0 fully saturated rings. The first-order valence-corrected chi connectivity index (χ1v) is 13.3. The molecule has 2 N–H and O–H groups in total. The van der Waals surface area contributed by atoms with Crippen molar-refractivity contribution in [3.05, 3.63) is 88.5 Å². The monoisotopic (exact) mass is 602 g/mol. The van der Waals surface area contributed by atoms with E-state index in [1.807, 2.05) is 0 Å². The minimum absolute atomic E-state index is 0.0384. The maximum absolute atomic E-state index is 14.0. The normalized spacial score (nSPS) is 16.5. The third kappa shape index (κ3) is 6.73. The second-order valence-electron chi connectivity index (χ2n) is 9.88. The van der Waals surface area contributed by atoms with Gasteiger partial charge >= 0.3 is 12.3 Å². The molecule has 1 aliphatic carbocycles. The molecule has 3 aromatic carbocycles. The van der Waals surface area contributed by atoms with Crippen molar-refractivity contribution in [3.8, 4) is 17.2 Å². The van der Waals surface area contributed by atoms with Crippen molar-refractivity contribution >= 4 is 34.9 Å². The summed E-state index contributed by atoms with van der Waals surface area (Å²) < 4.78 is 54.0. The van der Waals surface area contributed by atoms with Crippen molar-refractivity contribution in [3.63, 3.8) is 0 Å². The quantitative estimate of drug-likeness (QED) is 0.277. The van der Waals surface area contributed by atoms with E-state index in [1.165, 1.54) is 30.2 Å². The Morgan fingerprint density at radius 1 is 1.07 bits per heavy atom. The van der Waals surface area contributed by atoms with Crippen molar-refractivity contribution in [1.82, 2.24) is 0 Å². The van der Waals surface area contributed by atoms with Crippen LogP contribution in [0.3, 0.4) is 0 Å². The number of nitrogens with zero attached hydrogens (tertiary/aromatic N) is 1. The fourth-order valence-corrected chi connectivity index (χ4v) is 5.04. The van der Waals surface area contributed by atoms with Crippen LogP contribution in [0.25, 0.3) is 0 Å². The van der Waals surface area contributed by atoms with Gasteiger partial charge in [0, 0.05) is 53.0 Å². The molecule has 1 heterocycles. The molecule has 0 radical (unpaired) electrons. The SMILES string of the molecule is COc1cc(NC(C(=O)N2CCc3ccc(OC(F)(F)F)cc32)c2ccc(Cl)cc2)cc(OCC2C=C(C(=O)O)C2)c1. The van der Waals surface area contributed by atoms with E-state index in [0.29, 0.717) is 51.9 Å². The molecule has 12 heteroatoms. The molecule has 0 spiro atoms. The first kappa shape index (κ1) is 29.1. The molecule has 42 heavy (non-hydrogen) atoms. The highest BCUT2D eigenvalue weighted by molar-refractivity contribution is 6.30. The van der Waals surface area contributed by atoms with Gasteiger partial charge in [-0.3, -0.25) is 4.79 Å². The number of ether oxygens (including phenoxy) is 3. The van der Waals surface area contributed by atoms with E-state index >= 15 is 0 Å². The number of aliphatic carboxylic acids is 1. The van der Waals surface area contributed by atoms with Crippen molar-refractivity contribution in [2.75, 3.05) is 30.5 Å². The predicted octanol–water partition coefficient (Wildman–Crippen LogP) is 6.40. The summed E-state index contributed by atoms with van der Waals surface area (Å²) in [5, 5.41) is 12.8. The van der Waals surface area contributed by atoms with Crippen LogP contribution < -0.4 is 24.4 Å². The van der Waals surface area contributed by atoms with Gasteiger partial charge in [0.2, 0.25) is 0 Å². The van der Waals surface area contributed by atoms with Crippen molar-refractivity contribution in [2.24, 2.45) is 5.92 Å². The van der Waals surface area contributed by atoms with Gasteiger partial charge in [0.25, 0.3) is 5.91 Å². The zero-order valence-electron chi connectivity index (χ0n) is 22.3. The number of nitrogens with one attached hydrogen (secondary N) is 1. The number of rotatable bonds is 10. The number of alkyl halides is 3. The Kier molecular flexibility index (Phi) is 8.22. The van der Waals surface area contributed by atoms with Gasteiger partial charge in [0.05, 0.1) is 19.4 Å². The first-order chi connectivity index (χ1) is 20.0. The summed E-state index contributed by atoms with van der Waals surface area (Å²) in [6.07, 6.45) is -2.34. The fraction of sp³-hybridized carbons (Fsp3) is 0.267.